The Labute approximate surface area is 116 Å². The van der Waals surface area contributed by atoms with Crippen LogP contribution in [0.2, 0.25) is 0 Å². The summed E-state index contributed by atoms with van der Waals surface area (Å²) in [5.74, 6) is 0.700. The van der Waals surface area contributed by atoms with E-state index in [1.165, 1.54) is 0 Å². The third-order valence-corrected chi connectivity index (χ3v) is 3.89. The van der Waals surface area contributed by atoms with Gasteiger partial charge < -0.3 is 4.74 Å². The van der Waals surface area contributed by atoms with Crippen molar-refractivity contribution >= 4 is 16.6 Å². The molecule has 0 radical (unpaired) electrons. The topological polar surface area (TPSA) is 26.3 Å². The fourth-order valence-corrected chi connectivity index (χ4v) is 2.95. The van der Waals surface area contributed by atoms with Gasteiger partial charge in [-0.3, -0.25) is 4.79 Å². The SMILES string of the molecule is COc1cccc2c1C(=O)c1cc3ccccc3cc1-2. The number of carbonyl (C=O) groups is 1. The van der Waals surface area contributed by atoms with Crippen molar-refractivity contribution in [2.75, 3.05) is 7.11 Å². The van der Waals surface area contributed by atoms with Crippen molar-refractivity contribution in [3.8, 4) is 16.9 Å². The second-order valence-electron chi connectivity index (χ2n) is 4.96. The second-order valence-corrected chi connectivity index (χ2v) is 4.96. The first kappa shape index (κ1) is 11.2. The zero-order valence-corrected chi connectivity index (χ0v) is 11.0. The van der Waals surface area contributed by atoms with Gasteiger partial charge in [0.15, 0.2) is 5.78 Å². The molecule has 3 aromatic rings. The third-order valence-electron chi connectivity index (χ3n) is 3.89. The van der Waals surface area contributed by atoms with Crippen molar-refractivity contribution in [3.63, 3.8) is 0 Å². The first-order valence-electron chi connectivity index (χ1n) is 6.54. The average molecular weight is 260 g/mol. The summed E-state index contributed by atoms with van der Waals surface area (Å²) >= 11 is 0. The first-order chi connectivity index (χ1) is 9.79. The molecular formula is C18H12O2. The quantitative estimate of drug-likeness (QED) is 0.516. The number of ether oxygens (including phenoxy) is 1. The number of fused-ring (bicyclic) bond motifs is 4. The van der Waals surface area contributed by atoms with Crippen LogP contribution < -0.4 is 4.74 Å². The highest BCUT2D eigenvalue weighted by Crippen LogP contribution is 2.42. The first-order valence-corrected chi connectivity index (χ1v) is 6.54. The lowest BCUT2D eigenvalue weighted by atomic mass is 10.0. The Balaban J connectivity index is 2.09. The van der Waals surface area contributed by atoms with Crippen LogP contribution in [0.4, 0.5) is 0 Å². The van der Waals surface area contributed by atoms with Crippen LogP contribution in [0.25, 0.3) is 21.9 Å². The molecule has 0 N–H and O–H groups in total. The standard InChI is InChI=1S/C18H12O2/c1-20-16-8-4-7-13-14-9-11-5-2-3-6-12(11)10-15(14)18(19)17(13)16/h2-10H,1H3. The summed E-state index contributed by atoms with van der Waals surface area (Å²) in [4.78, 5) is 12.6. The van der Waals surface area contributed by atoms with Crippen LogP contribution in [0, 0.1) is 0 Å². The Morgan fingerprint density at radius 2 is 1.50 bits per heavy atom. The molecule has 1 aliphatic rings. The maximum Gasteiger partial charge on any atom is 0.198 e. The monoisotopic (exact) mass is 260 g/mol. The maximum absolute atomic E-state index is 12.6. The molecule has 3 aromatic carbocycles. The zero-order chi connectivity index (χ0) is 13.7. The minimum absolute atomic E-state index is 0.0539. The third kappa shape index (κ3) is 1.36. The molecule has 0 fully saturated rings. The van der Waals surface area contributed by atoms with Crippen LogP contribution in [0.1, 0.15) is 15.9 Å². The van der Waals surface area contributed by atoms with Gasteiger partial charge in [0.1, 0.15) is 5.75 Å². The van der Waals surface area contributed by atoms with Crippen LogP contribution in [0.5, 0.6) is 5.75 Å². The van der Waals surface area contributed by atoms with Gasteiger partial charge in [-0.15, -0.1) is 0 Å². The zero-order valence-electron chi connectivity index (χ0n) is 11.0. The van der Waals surface area contributed by atoms with Crippen molar-refractivity contribution in [1.29, 1.82) is 0 Å². The van der Waals surface area contributed by atoms with Gasteiger partial charge in [-0.2, -0.15) is 0 Å². The van der Waals surface area contributed by atoms with Gasteiger partial charge in [0.05, 0.1) is 12.7 Å². The van der Waals surface area contributed by atoms with Gasteiger partial charge in [0, 0.05) is 5.56 Å². The average Bonchev–Trinajstić information content (AvgIpc) is 2.78. The predicted molar refractivity (Wildman–Crippen MR) is 79.4 cm³/mol. The summed E-state index contributed by atoms with van der Waals surface area (Å²) in [7, 11) is 1.60. The molecule has 0 saturated carbocycles. The van der Waals surface area contributed by atoms with Crippen LogP contribution in [-0.4, -0.2) is 12.9 Å². The lowest BCUT2D eigenvalue weighted by Crippen LogP contribution is -1.98. The number of carbonyl (C=O) groups excluding carboxylic acids is 1. The Morgan fingerprint density at radius 3 is 2.20 bits per heavy atom. The lowest BCUT2D eigenvalue weighted by molar-refractivity contribution is 0.104. The molecule has 0 heterocycles. The minimum Gasteiger partial charge on any atom is -0.496 e. The summed E-state index contributed by atoms with van der Waals surface area (Å²) in [6.07, 6.45) is 0. The minimum atomic E-state index is 0.0539. The summed E-state index contributed by atoms with van der Waals surface area (Å²) in [5.41, 5.74) is 3.42. The number of ketones is 1. The summed E-state index contributed by atoms with van der Waals surface area (Å²) in [6, 6.07) is 17.9. The Bertz CT molecular complexity index is 862. The molecule has 0 atom stereocenters. The molecule has 0 amide bonds. The predicted octanol–water partition coefficient (Wildman–Crippen LogP) is 4.06. The van der Waals surface area contributed by atoms with Crippen molar-refractivity contribution in [3.05, 3.63) is 65.7 Å². The highest BCUT2D eigenvalue weighted by Gasteiger charge is 2.29. The molecule has 2 nitrogen and oxygen atoms in total. The van der Waals surface area contributed by atoms with Gasteiger partial charge >= 0.3 is 0 Å². The van der Waals surface area contributed by atoms with Crippen molar-refractivity contribution in [1.82, 2.24) is 0 Å². The Hall–Kier alpha value is -2.61. The molecular weight excluding hydrogens is 248 g/mol. The molecule has 20 heavy (non-hydrogen) atoms. The molecule has 4 rings (SSSR count). The van der Waals surface area contributed by atoms with Gasteiger partial charge in [-0.05, 0) is 40.1 Å². The highest BCUT2D eigenvalue weighted by molar-refractivity contribution is 6.24. The number of hydrogen-bond donors (Lipinski definition) is 0. The van der Waals surface area contributed by atoms with Crippen molar-refractivity contribution < 1.29 is 9.53 Å². The van der Waals surface area contributed by atoms with E-state index in [0.717, 1.165) is 27.5 Å². The molecule has 0 bridgehead atoms. The normalized spacial score (nSPS) is 12.3. The number of benzene rings is 3. The van der Waals surface area contributed by atoms with Crippen molar-refractivity contribution in [2.45, 2.75) is 0 Å². The number of rotatable bonds is 1. The van der Waals surface area contributed by atoms with Gasteiger partial charge in [0.25, 0.3) is 0 Å². The molecule has 0 aliphatic heterocycles. The number of hydrogen-bond acceptors (Lipinski definition) is 2. The molecule has 0 aromatic heterocycles. The molecule has 0 saturated heterocycles. The largest absolute Gasteiger partial charge is 0.496 e. The van der Waals surface area contributed by atoms with E-state index in [2.05, 4.69) is 12.1 Å². The molecule has 2 heteroatoms. The van der Waals surface area contributed by atoms with E-state index in [9.17, 15) is 4.79 Å². The Morgan fingerprint density at radius 1 is 0.800 bits per heavy atom. The second kappa shape index (κ2) is 3.94. The smallest absolute Gasteiger partial charge is 0.198 e. The molecule has 0 spiro atoms. The molecule has 1 aliphatic carbocycles. The van der Waals surface area contributed by atoms with E-state index in [1.54, 1.807) is 7.11 Å². The van der Waals surface area contributed by atoms with E-state index in [1.807, 2.05) is 42.5 Å². The fraction of sp³-hybridized carbons (Fsp3) is 0.0556. The number of methoxy groups -OCH3 is 1. The molecule has 96 valence electrons. The fourth-order valence-electron chi connectivity index (χ4n) is 2.95. The van der Waals surface area contributed by atoms with Gasteiger partial charge in [0.2, 0.25) is 0 Å². The summed E-state index contributed by atoms with van der Waals surface area (Å²) < 4.78 is 5.34. The van der Waals surface area contributed by atoms with Gasteiger partial charge in [-0.1, -0.05) is 36.4 Å². The maximum atomic E-state index is 12.6. The van der Waals surface area contributed by atoms with Crippen LogP contribution in [0.3, 0.4) is 0 Å². The van der Waals surface area contributed by atoms with Crippen molar-refractivity contribution in [2.24, 2.45) is 0 Å². The highest BCUT2D eigenvalue weighted by atomic mass is 16.5. The van der Waals surface area contributed by atoms with Crippen LogP contribution in [-0.2, 0) is 0 Å². The van der Waals surface area contributed by atoms with E-state index < -0.39 is 0 Å². The van der Waals surface area contributed by atoms with Crippen LogP contribution >= 0.6 is 0 Å². The summed E-state index contributed by atoms with van der Waals surface area (Å²) in [6.45, 7) is 0. The van der Waals surface area contributed by atoms with E-state index >= 15 is 0 Å². The van der Waals surface area contributed by atoms with E-state index in [-0.39, 0.29) is 5.78 Å². The molecule has 0 unspecified atom stereocenters. The Kier molecular flexibility index (Phi) is 2.21. The van der Waals surface area contributed by atoms with Gasteiger partial charge in [-0.25, -0.2) is 0 Å². The lowest BCUT2D eigenvalue weighted by Gasteiger charge is -2.05. The van der Waals surface area contributed by atoms with E-state index in [4.69, 9.17) is 4.74 Å². The summed E-state index contributed by atoms with van der Waals surface area (Å²) in [5, 5.41) is 2.24. The van der Waals surface area contributed by atoms with Crippen LogP contribution in [0.15, 0.2) is 54.6 Å². The van der Waals surface area contributed by atoms with E-state index in [0.29, 0.717) is 11.3 Å².